The first-order valence-corrected chi connectivity index (χ1v) is 3.79. The van der Waals surface area contributed by atoms with E-state index in [9.17, 15) is 4.79 Å². The molecule has 0 amide bonds. The molecule has 68 valence electrons. The van der Waals surface area contributed by atoms with Gasteiger partial charge in [0, 0.05) is 5.02 Å². The van der Waals surface area contributed by atoms with E-state index in [0.29, 0.717) is 11.3 Å². The van der Waals surface area contributed by atoms with Crippen LogP contribution in [0.5, 0.6) is 5.75 Å². The van der Waals surface area contributed by atoms with Crippen LogP contribution >= 0.6 is 11.6 Å². The van der Waals surface area contributed by atoms with Crippen molar-refractivity contribution in [3.8, 4) is 5.75 Å². The molecule has 0 saturated carbocycles. The number of hydrogen-bond donors (Lipinski definition) is 2. The van der Waals surface area contributed by atoms with Crippen molar-refractivity contribution in [2.24, 2.45) is 0 Å². The van der Waals surface area contributed by atoms with E-state index in [1.54, 1.807) is 0 Å². The number of hydrogen-bond acceptors (Lipinski definition) is 4. The molecule has 0 radical (unpaired) electrons. The first-order chi connectivity index (χ1) is 6.13. The van der Waals surface area contributed by atoms with Crippen LogP contribution in [-0.4, -0.2) is 23.7 Å². The molecule has 0 unspecified atom stereocenters. The van der Waals surface area contributed by atoms with E-state index in [1.165, 1.54) is 18.2 Å². The van der Waals surface area contributed by atoms with Crippen molar-refractivity contribution in [1.29, 1.82) is 0 Å². The Balaban J connectivity index is 2.99. The molecule has 0 fully saturated rings. The van der Waals surface area contributed by atoms with Gasteiger partial charge in [-0.2, -0.15) is 0 Å². The molecule has 0 aliphatic rings. The Bertz CT molecular complexity index is 315. The number of carbonyl (C=O) groups excluding carboxylic acids is 1. The van der Waals surface area contributed by atoms with E-state index in [4.69, 9.17) is 21.6 Å². The van der Waals surface area contributed by atoms with E-state index < -0.39 is 7.32 Å². The summed E-state index contributed by atoms with van der Waals surface area (Å²) in [4.78, 5) is 10.5. The predicted octanol–water partition coefficient (Wildman–Crippen LogP) is 0.501. The van der Waals surface area contributed by atoms with Crippen LogP contribution in [0.2, 0.25) is 5.02 Å². The van der Waals surface area contributed by atoms with Crippen LogP contribution < -0.4 is 4.65 Å². The zero-order chi connectivity index (χ0) is 9.84. The van der Waals surface area contributed by atoms with Gasteiger partial charge in [-0.1, -0.05) is 11.6 Å². The highest BCUT2D eigenvalue weighted by molar-refractivity contribution is 6.34. The lowest BCUT2D eigenvalue weighted by atomic mass is 10.2. The highest BCUT2D eigenvalue weighted by Gasteiger charge is 2.13. The summed E-state index contributed by atoms with van der Waals surface area (Å²) < 4.78 is 4.51. The second kappa shape index (κ2) is 4.27. The van der Waals surface area contributed by atoms with E-state index in [1.807, 2.05) is 0 Å². The van der Waals surface area contributed by atoms with Crippen molar-refractivity contribution in [3.63, 3.8) is 0 Å². The fraction of sp³-hybridized carbons (Fsp3) is 0. The van der Waals surface area contributed by atoms with Gasteiger partial charge in [0.15, 0.2) is 6.29 Å². The normalized spacial score (nSPS) is 9.46. The molecule has 2 N–H and O–H groups in total. The maximum atomic E-state index is 10.5. The zero-order valence-electron chi connectivity index (χ0n) is 6.48. The summed E-state index contributed by atoms with van der Waals surface area (Å²) in [7, 11) is -1.94. The van der Waals surface area contributed by atoms with Crippen molar-refractivity contribution >= 4 is 25.2 Å². The van der Waals surface area contributed by atoms with Crippen LogP contribution in [0.4, 0.5) is 0 Å². The van der Waals surface area contributed by atoms with Crippen molar-refractivity contribution in [2.45, 2.75) is 0 Å². The molecule has 0 heterocycles. The van der Waals surface area contributed by atoms with Gasteiger partial charge >= 0.3 is 7.32 Å². The maximum absolute atomic E-state index is 10.5. The summed E-state index contributed by atoms with van der Waals surface area (Å²) >= 11 is 5.59. The maximum Gasteiger partial charge on any atom is 0.707 e. The van der Waals surface area contributed by atoms with E-state index in [2.05, 4.69) is 4.65 Å². The Morgan fingerprint density at radius 2 is 2.15 bits per heavy atom. The summed E-state index contributed by atoms with van der Waals surface area (Å²) in [6.45, 7) is 0. The van der Waals surface area contributed by atoms with Gasteiger partial charge in [0.05, 0.1) is 5.56 Å². The standard InChI is InChI=1S/C7H6BClO4/c9-6-1-2-7(13-8(11)12)5(3-6)4-10/h1-4,11-12H. The number of rotatable bonds is 3. The monoisotopic (exact) mass is 200 g/mol. The van der Waals surface area contributed by atoms with Gasteiger partial charge in [-0.05, 0) is 18.2 Å². The summed E-state index contributed by atoms with van der Waals surface area (Å²) in [5.74, 6) is 0.0781. The first kappa shape index (κ1) is 10.0. The second-order valence-electron chi connectivity index (χ2n) is 2.24. The van der Waals surface area contributed by atoms with Gasteiger partial charge in [0.2, 0.25) is 0 Å². The quantitative estimate of drug-likeness (QED) is 0.551. The largest absolute Gasteiger partial charge is 0.707 e. The molecule has 1 aromatic rings. The second-order valence-corrected chi connectivity index (χ2v) is 2.68. The van der Waals surface area contributed by atoms with Gasteiger partial charge in [0.25, 0.3) is 0 Å². The van der Waals surface area contributed by atoms with Crippen molar-refractivity contribution in [3.05, 3.63) is 28.8 Å². The lowest BCUT2D eigenvalue weighted by Gasteiger charge is -2.06. The minimum Gasteiger partial charge on any atom is -0.511 e. The fourth-order valence-corrected chi connectivity index (χ4v) is 1.01. The van der Waals surface area contributed by atoms with Crippen LogP contribution in [0.25, 0.3) is 0 Å². The van der Waals surface area contributed by atoms with Crippen molar-refractivity contribution in [2.75, 3.05) is 0 Å². The Morgan fingerprint density at radius 3 is 2.69 bits per heavy atom. The molecule has 0 aliphatic heterocycles. The van der Waals surface area contributed by atoms with E-state index >= 15 is 0 Å². The molecule has 0 atom stereocenters. The summed E-state index contributed by atoms with van der Waals surface area (Å²) in [6, 6.07) is 4.23. The summed E-state index contributed by atoms with van der Waals surface area (Å²) in [5.41, 5.74) is 0.167. The van der Waals surface area contributed by atoms with Gasteiger partial charge in [0.1, 0.15) is 5.75 Å². The number of halogens is 1. The molecule has 0 saturated heterocycles. The van der Waals surface area contributed by atoms with Crippen LogP contribution in [0, 0.1) is 0 Å². The highest BCUT2D eigenvalue weighted by Crippen LogP contribution is 2.21. The van der Waals surface area contributed by atoms with Crippen LogP contribution in [0.15, 0.2) is 18.2 Å². The minimum absolute atomic E-state index is 0.0781. The molecule has 0 bridgehead atoms. The first-order valence-electron chi connectivity index (χ1n) is 3.41. The topological polar surface area (TPSA) is 66.8 Å². The number of carbonyl (C=O) groups is 1. The molecule has 1 aromatic carbocycles. The Labute approximate surface area is 79.9 Å². The molecule has 1 rings (SSSR count). The van der Waals surface area contributed by atoms with Gasteiger partial charge in [-0.25, -0.2) is 0 Å². The summed E-state index contributed by atoms with van der Waals surface area (Å²) in [6.07, 6.45) is 0.517. The lowest BCUT2D eigenvalue weighted by molar-refractivity contribution is 0.112. The molecule has 4 nitrogen and oxygen atoms in total. The zero-order valence-corrected chi connectivity index (χ0v) is 7.23. The number of benzene rings is 1. The Kier molecular flexibility index (Phi) is 3.30. The third-order valence-corrected chi connectivity index (χ3v) is 1.57. The molecule has 0 aliphatic carbocycles. The van der Waals surface area contributed by atoms with Gasteiger partial charge < -0.3 is 14.7 Å². The summed E-state index contributed by atoms with van der Waals surface area (Å²) in [5, 5.41) is 17.3. The van der Waals surface area contributed by atoms with Crippen LogP contribution in [0.3, 0.4) is 0 Å². The smallest absolute Gasteiger partial charge is 0.511 e. The molecule has 0 aromatic heterocycles. The average Bonchev–Trinajstić information content (AvgIpc) is 2.07. The van der Waals surface area contributed by atoms with Crippen LogP contribution in [0.1, 0.15) is 10.4 Å². The fourth-order valence-electron chi connectivity index (χ4n) is 0.832. The van der Waals surface area contributed by atoms with Crippen molar-refractivity contribution in [1.82, 2.24) is 0 Å². The van der Waals surface area contributed by atoms with Crippen LogP contribution in [-0.2, 0) is 0 Å². The molecule has 13 heavy (non-hydrogen) atoms. The molecule has 6 heteroatoms. The molecular formula is C7H6BClO4. The van der Waals surface area contributed by atoms with E-state index in [-0.39, 0.29) is 11.3 Å². The molecular weight excluding hydrogens is 194 g/mol. The van der Waals surface area contributed by atoms with Gasteiger partial charge in [-0.15, -0.1) is 0 Å². The third kappa shape index (κ3) is 2.73. The predicted molar refractivity (Wildman–Crippen MR) is 47.7 cm³/mol. The SMILES string of the molecule is O=Cc1cc(Cl)ccc1OB(O)O. The van der Waals surface area contributed by atoms with Gasteiger partial charge in [-0.3, -0.25) is 4.79 Å². The average molecular weight is 200 g/mol. The molecule has 0 spiro atoms. The van der Waals surface area contributed by atoms with Crippen molar-refractivity contribution < 1.29 is 19.5 Å². The highest BCUT2D eigenvalue weighted by atomic mass is 35.5. The Morgan fingerprint density at radius 1 is 1.46 bits per heavy atom. The minimum atomic E-state index is -1.94. The Hall–Kier alpha value is -1.04. The lowest BCUT2D eigenvalue weighted by Crippen LogP contribution is -2.21. The third-order valence-electron chi connectivity index (χ3n) is 1.33. The van der Waals surface area contributed by atoms with E-state index in [0.717, 1.165) is 0 Å². The number of aldehydes is 1.